The number of methoxy groups -OCH3 is 1. The highest BCUT2D eigenvalue weighted by atomic mass is 127. The van der Waals surface area contributed by atoms with Gasteiger partial charge in [-0.3, -0.25) is 0 Å². The molecular weight excluding hydrogens is 337 g/mol. The Balaban J connectivity index is 2.21. The van der Waals surface area contributed by atoms with E-state index in [9.17, 15) is 4.79 Å². The van der Waals surface area contributed by atoms with E-state index in [0.29, 0.717) is 25.7 Å². The monoisotopic (exact) mass is 349 g/mol. The Morgan fingerprint density at radius 2 is 2.29 bits per heavy atom. The predicted octanol–water partition coefficient (Wildman–Crippen LogP) is 0.459. The number of halogens is 1. The Bertz CT molecular complexity index is 398. The SMILES string of the molecule is COC(=O)C1COCCN1c1ncc(I)cn1. The highest BCUT2D eigenvalue weighted by Gasteiger charge is 2.31. The second-order valence-electron chi connectivity index (χ2n) is 3.51. The quantitative estimate of drug-likeness (QED) is 0.571. The third-order valence-electron chi connectivity index (χ3n) is 2.47. The first-order valence-electron chi connectivity index (χ1n) is 5.12. The lowest BCUT2D eigenvalue weighted by Crippen LogP contribution is -2.51. The van der Waals surface area contributed by atoms with Crippen LogP contribution in [0, 0.1) is 3.57 Å². The van der Waals surface area contributed by atoms with Crippen LogP contribution in [0.5, 0.6) is 0 Å². The zero-order chi connectivity index (χ0) is 12.3. The maximum atomic E-state index is 11.6. The lowest BCUT2D eigenvalue weighted by Gasteiger charge is -2.33. The molecule has 1 atom stereocenters. The van der Waals surface area contributed by atoms with Crippen LogP contribution in [0.2, 0.25) is 0 Å². The van der Waals surface area contributed by atoms with Crippen LogP contribution in [0.25, 0.3) is 0 Å². The number of hydrogen-bond acceptors (Lipinski definition) is 6. The first-order chi connectivity index (χ1) is 8.22. The van der Waals surface area contributed by atoms with Gasteiger partial charge in [-0.15, -0.1) is 0 Å². The number of hydrogen-bond donors (Lipinski definition) is 0. The van der Waals surface area contributed by atoms with Crippen LogP contribution < -0.4 is 4.90 Å². The van der Waals surface area contributed by atoms with E-state index in [-0.39, 0.29) is 5.97 Å². The van der Waals surface area contributed by atoms with Crippen molar-refractivity contribution in [2.75, 3.05) is 31.8 Å². The zero-order valence-corrected chi connectivity index (χ0v) is 11.5. The molecule has 2 heterocycles. The maximum Gasteiger partial charge on any atom is 0.331 e. The maximum absolute atomic E-state index is 11.6. The highest BCUT2D eigenvalue weighted by molar-refractivity contribution is 14.1. The molecule has 1 saturated heterocycles. The van der Waals surface area contributed by atoms with Crippen molar-refractivity contribution in [3.63, 3.8) is 0 Å². The van der Waals surface area contributed by atoms with E-state index in [1.807, 2.05) is 4.90 Å². The summed E-state index contributed by atoms with van der Waals surface area (Å²) in [7, 11) is 1.36. The van der Waals surface area contributed by atoms with Crippen LogP contribution in [-0.4, -0.2) is 48.8 Å². The number of rotatable bonds is 2. The van der Waals surface area contributed by atoms with Crippen molar-refractivity contribution in [2.24, 2.45) is 0 Å². The largest absolute Gasteiger partial charge is 0.467 e. The molecule has 92 valence electrons. The smallest absolute Gasteiger partial charge is 0.331 e. The Hall–Kier alpha value is -0.960. The van der Waals surface area contributed by atoms with Crippen molar-refractivity contribution in [3.8, 4) is 0 Å². The number of carbonyl (C=O) groups is 1. The highest BCUT2D eigenvalue weighted by Crippen LogP contribution is 2.16. The number of ether oxygens (including phenoxy) is 2. The molecule has 1 aromatic heterocycles. The van der Waals surface area contributed by atoms with E-state index >= 15 is 0 Å². The first-order valence-corrected chi connectivity index (χ1v) is 6.20. The van der Waals surface area contributed by atoms with E-state index in [1.54, 1.807) is 12.4 Å². The zero-order valence-electron chi connectivity index (χ0n) is 9.30. The van der Waals surface area contributed by atoms with Crippen molar-refractivity contribution >= 4 is 34.5 Å². The minimum absolute atomic E-state index is 0.308. The molecule has 1 fully saturated rings. The van der Waals surface area contributed by atoms with Gasteiger partial charge in [0.2, 0.25) is 5.95 Å². The average Bonchev–Trinajstić information content (AvgIpc) is 2.39. The van der Waals surface area contributed by atoms with Crippen molar-refractivity contribution in [3.05, 3.63) is 16.0 Å². The normalized spacial score (nSPS) is 20.1. The average molecular weight is 349 g/mol. The second kappa shape index (κ2) is 5.58. The number of aromatic nitrogens is 2. The summed E-state index contributed by atoms with van der Waals surface area (Å²) in [5, 5.41) is 0. The van der Waals surface area contributed by atoms with Crippen molar-refractivity contribution in [1.29, 1.82) is 0 Å². The molecule has 0 bridgehead atoms. The molecule has 1 aliphatic rings. The minimum Gasteiger partial charge on any atom is -0.467 e. The van der Waals surface area contributed by atoms with Gasteiger partial charge in [0.25, 0.3) is 0 Å². The summed E-state index contributed by atoms with van der Waals surface area (Å²) in [6.07, 6.45) is 3.43. The summed E-state index contributed by atoms with van der Waals surface area (Å²) < 4.78 is 11.0. The fourth-order valence-electron chi connectivity index (χ4n) is 1.63. The van der Waals surface area contributed by atoms with Gasteiger partial charge < -0.3 is 14.4 Å². The van der Waals surface area contributed by atoms with Crippen LogP contribution in [0.4, 0.5) is 5.95 Å². The standard InChI is InChI=1S/C10H12IN3O3/c1-16-9(15)8-6-17-3-2-14(8)10-12-4-7(11)5-13-10/h4-5,8H,2-3,6H2,1H3. The summed E-state index contributed by atoms with van der Waals surface area (Å²) in [5.74, 6) is 0.205. The molecular formula is C10H12IN3O3. The molecule has 0 aliphatic carbocycles. The molecule has 7 heteroatoms. The van der Waals surface area contributed by atoms with Gasteiger partial charge in [0.1, 0.15) is 0 Å². The van der Waals surface area contributed by atoms with Gasteiger partial charge in [0.15, 0.2) is 6.04 Å². The fraction of sp³-hybridized carbons (Fsp3) is 0.500. The Morgan fingerprint density at radius 3 is 2.94 bits per heavy atom. The molecule has 0 aromatic carbocycles. The first kappa shape index (κ1) is 12.5. The van der Waals surface area contributed by atoms with E-state index < -0.39 is 6.04 Å². The number of carbonyl (C=O) groups excluding carboxylic acids is 1. The molecule has 17 heavy (non-hydrogen) atoms. The van der Waals surface area contributed by atoms with Crippen LogP contribution in [0.1, 0.15) is 0 Å². The molecule has 0 radical (unpaired) electrons. The van der Waals surface area contributed by atoms with Gasteiger partial charge in [0.05, 0.1) is 20.3 Å². The van der Waals surface area contributed by atoms with E-state index in [1.165, 1.54) is 7.11 Å². The fourth-order valence-corrected chi connectivity index (χ4v) is 1.91. The van der Waals surface area contributed by atoms with Crippen LogP contribution >= 0.6 is 22.6 Å². The van der Waals surface area contributed by atoms with Gasteiger partial charge in [-0.25, -0.2) is 14.8 Å². The van der Waals surface area contributed by atoms with Crippen LogP contribution in [0.3, 0.4) is 0 Å². The van der Waals surface area contributed by atoms with E-state index in [0.717, 1.165) is 3.57 Å². The number of nitrogens with zero attached hydrogens (tertiary/aromatic N) is 3. The molecule has 6 nitrogen and oxygen atoms in total. The summed E-state index contributed by atoms with van der Waals surface area (Å²) in [5.41, 5.74) is 0. The van der Waals surface area contributed by atoms with Crippen molar-refractivity contribution in [2.45, 2.75) is 6.04 Å². The minimum atomic E-state index is -0.464. The molecule has 2 rings (SSSR count). The van der Waals surface area contributed by atoms with Gasteiger partial charge in [-0.2, -0.15) is 0 Å². The number of anilines is 1. The van der Waals surface area contributed by atoms with Crippen LogP contribution in [-0.2, 0) is 14.3 Å². The molecule has 1 aliphatic heterocycles. The number of esters is 1. The van der Waals surface area contributed by atoms with Crippen LogP contribution in [0.15, 0.2) is 12.4 Å². The van der Waals surface area contributed by atoms with E-state index in [4.69, 9.17) is 9.47 Å². The molecule has 0 amide bonds. The third kappa shape index (κ3) is 2.83. The van der Waals surface area contributed by atoms with Crippen molar-refractivity contribution < 1.29 is 14.3 Å². The second-order valence-corrected chi connectivity index (χ2v) is 4.75. The lowest BCUT2D eigenvalue weighted by molar-refractivity contribution is -0.144. The van der Waals surface area contributed by atoms with Gasteiger partial charge in [-0.1, -0.05) is 0 Å². The number of morpholine rings is 1. The summed E-state index contributed by atoms with van der Waals surface area (Å²) in [4.78, 5) is 21.9. The Kier molecular flexibility index (Phi) is 4.11. The summed E-state index contributed by atoms with van der Waals surface area (Å²) in [6, 6.07) is -0.464. The summed E-state index contributed by atoms with van der Waals surface area (Å²) in [6.45, 7) is 1.45. The third-order valence-corrected chi connectivity index (χ3v) is 3.02. The molecule has 0 N–H and O–H groups in total. The topological polar surface area (TPSA) is 64.6 Å². The predicted molar refractivity (Wildman–Crippen MR) is 68.7 cm³/mol. The van der Waals surface area contributed by atoms with Crippen molar-refractivity contribution in [1.82, 2.24) is 9.97 Å². The lowest BCUT2D eigenvalue weighted by atomic mass is 10.2. The summed E-state index contributed by atoms with van der Waals surface area (Å²) >= 11 is 2.13. The van der Waals surface area contributed by atoms with E-state index in [2.05, 4.69) is 32.6 Å². The Labute approximate surface area is 112 Å². The molecule has 1 unspecified atom stereocenters. The Morgan fingerprint density at radius 1 is 1.59 bits per heavy atom. The molecule has 0 saturated carbocycles. The molecule has 1 aromatic rings. The van der Waals surface area contributed by atoms with Gasteiger partial charge in [-0.05, 0) is 22.6 Å². The van der Waals surface area contributed by atoms with Gasteiger partial charge >= 0.3 is 5.97 Å². The van der Waals surface area contributed by atoms with Gasteiger partial charge in [0, 0.05) is 22.5 Å². The molecule has 0 spiro atoms.